The minimum absolute atomic E-state index is 0.267. The lowest BCUT2D eigenvalue weighted by Gasteiger charge is -2.15. The van der Waals surface area contributed by atoms with E-state index in [1.54, 1.807) is 14.2 Å². The van der Waals surface area contributed by atoms with Crippen LogP contribution in [0.5, 0.6) is 5.88 Å². The van der Waals surface area contributed by atoms with Gasteiger partial charge in [0.1, 0.15) is 0 Å². The van der Waals surface area contributed by atoms with Crippen LogP contribution < -0.4 is 10.1 Å². The van der Waals surface area contributed by atoms with Crippen molar-refractivity contribution < 1.29 is 9.47 Å². The van der Waals surface area contributed by atoms with Crippen molar-refractivity contribution in [2.75, 3.05) is 26.1 Å². The monoisotopic (exact) mass is 210 g/mol. The standard InChI is InChI=1S/C11H18N2O2/c1-8(7-14-3)12-10-5-6-11(15-4)13-9(10)2/h5-6,8,12H,7H2,1-4H3. The number of ether oxygens (including phenoxy) is 2. The average molecular weight is 210 g/mol. The first-order chi connectivity index (χ1) is 7.17. The highest BCUT2D eigenvalue weighted by molar-refractivity contribution is 5.49. The van der Waals surface area contributed by atoms with Gasteiger partial charge in [0.2, 0.25) is 5.88 Å². The summed E-state index contributed by atoms with van der Waals surface area (Å²) in [4.78, 5) is 4.28. The maximum absolute atomic E-state index is 5.05. The first kappa shape index (κ1) is 11.8. The Balaban J connectivity index is 2.69. The number of rotatable bonds is 5. The Kier molecular flexibility index (Phi) is 4.37. The van der Waals surface area contributed by atoms with E-state index in [1.165, 1.54) is 0 Å². The Bertz CT molecular complexity index is 315. The van der Waals surface area contributed by atoms with E-state index in [9.17, 15) is 0 Å². The molecule has 0 saturated heterocycles. The van der Waals surface area contributed by atoms with Crippen LogP contribution in [0.15, 0.2) is 12.1 Å². The predicted octanol–water partition coefficient (Wildman–Crippen LogP) is 1.85. The van der Waals surface area contributed by atoms with Gasteiger partial charge in [0.25, 0.3) is 0 Å². The summed E-state index contributed by atoms with van der Waals surface area (Å²) >= 11 is 0. The van der Waals surface area contributed by atoms with E-state index in [0.717, 1.165) is 11.4 Å². The molecule has 0 aliphatic rings. The molecule has 0 saturated carbocycles. The minimum Gasteiger partial charge on any atom is -0.481 e. The van der Waals surface area contributed by atoms with Crippen LogP contribution in [-0.4, -0.2) is 31.9 Å². The molecule has 15 heavy (non-hydrogen) atoms. The zero-order valence-electron chi connectivity index (χ0n) is 9.70. The van der Waals surface area contributed by atoms with Gasteiger partial charge in [0, 0.05) is 19.2 Å². The number of methoxy groups -OCH3 is 2. The molecule has 0 aliphatic carbocycles. The number of aryl methyl sites for hydroxylation is 1. The van der Waals surface area contributed by atoms with E-state index in [2.05, 4.69) is 17.2 Å². The molecule has 1 aromatic rings. The first-order valence-electron chi connectivity index (χ1n) is 4.94. The van der Waals surface area contributed by atoms with Crippen molar-refractivity contribution in [1.82, 2.24) is 4.98 Å². The number of pyridine rings is 1. The molecule has 1 rings (SSSR count). The van der Waals surface area contributed by atoms with E-state index in [-0.39, 0.29) is 6.04 Å². The lowest BCUT2D eigenvalue weighted by molar-refractivity contribution is 0.190. The summed E-state index contributed by atoms with van der Waals surface area (Å²) in [6.45, 7) is 4.68. The fourth-order valence-corrected chi connectivity index (χ4v) is 1.36. The highest BCUT2D eigenvalue weighted by Crippen LogP contribution is 2.17. The van der Waals surface area contributed by atoms with E-state index in [0.29, 0.717) is 12.5 Å². The number of hydrogen-bond acceptors (Lipinski definition) is 4. The Morgan fingerprint density at radius 1 is 1.40 bits per heavy atom. The van der Waals surface area contributed by atoms with Crippen molar-refractivity contribution in [3.05, 3.63) is 17.8 Å². The molecule has 1 atom stereocenters. The van der Waals surface area contributed by atoms with Gasteiger partial charge < -0.3 is 14.8 Å². The van der Waals surface area contributed by atoms with Crippen LogP contribution in [0.25, 0.3) is 0 Å². The molecule has 4 heteroatoms. The molecular weight excluding hydrogens is 192 g/mol. The smallest absolute Gasteiger partial charge is 0.213 e. The molecule has 1 heterocycles. The molecule has 1 unspecified atom stereocenters. The number of nitrogens with zero attached hydrogens (tertiary/aromatic N) is 1. The molecule has 0 bridgehead atoms. The van der Waals surface area contributed by atoms with Crippen molar-refractivity contribution in [1.29, 1.82) is 0 Å². The van der Waals surface area contributed by atoms with Gasteiger partial charge in [-0.15, -0.1) is 0 Å². The maximum atomic E-state index is 5.05. The molecule has 84 valence electrons. The van der Waals surface area contributed by atoms with Crippen molar-refractivity contribution in [2.24, 2.45) is 0 Å². The van der Waals surface area contributed by atoms with E-state index in [1.807, 2.05) is 19.1 Å². The Hall–Kier alpha value is -1.29. The van der Waals surface area contributed by atoms with Crippen molar-refractivity contribution in [2.45, 2.75) is 19.9 Å². The van der Waals surface area contributed by atoms with Gasteiger partial charge in [0.15, 0.2) is 0 Å². The van der Waals surface area contributed by atoms with Crippen LogP contribution in [0.4, 0.5) is 5.69 Å². The third kappa shape index (κ3) is 3.40. The topological polar surface area (TPSA) is 43.4 Å². The molecule has 1 N–H and O–H groups in total. The number of nitrogens with one attached hydrogen (secondary N) is 1. The second kappa shape index (κ2) is 5.56. The number of anilines is 1. The van der Waals surface area contributed by atoms with Crippen LogP contribution in [0.2, 0.25) is 0 Å². The third-order valence-electron chi connectivity index (χ3n) is 2.09. The van der Waals surface area contributed by atoms with Gasteiger partial charge in [-0.3, -0.25) is 0 Å². The van der Waals surface area contributed by atoms with Crippen LogP contribution in [0.3, 0.4) is 0 Å². The molecule has 0 fully saturated rings. The molecule has 4 nitrogen and oxygen atoms in total. The summed E-state index contributed by atoms with van der Waals surface area (Å²) in [5.41, 5.74) is 1.94. The maximum Gasteiger partial charge on any atom is 0.213 e. The quantitative estimate of drug-likeness (QED) is 0.805. The minimum atomic E-state index is 0.267. The van der Waals surface area contributed by atoms with E-state index >= 15 is 0 Å². The SMILES string of the molecule is COCC(C)Nc1ccc(OC)nc1C. The number of hydrogen-bond donors (Lipinski definition) is 1. The lowest BCUT2D eigenvalue weighted by Crippen LogP contribution is -2.21. The van der Waals surface area contributed by atoms with E-state index < -0.39 is 0 Å². The summed E-state index contributed by atoms with van der Waals surface area (Å²) < 4.78 is 10.1. The van der Waals surface area contributed by atoms with E-state index in [4.69, 9.17) is 9.47 Å². The molecule has 0 radical (unpaired) electrons. The summed E-state index contributed by atoms with van der Waals surface area (Å²) in [7, 11) is 3.31. The van der Waals surface area contributed by atoms with Crippen molar-refractivity contribution in [3.8, 4) is 5.88 Å². The predicted molar refractivity (Wildman–Crippen MR) is 60.5 cm³/mol. The zero-order chi connectivity index (χ0) is 11.3. The molecule has 1 aromatic heterocycles. The summed E-state index contributed by atoms with van der Waals surface area (Å²) in [6.07, 6.45) is 0. The largest absolute Gasteiger partial charge is 0.481 e. The summed E-state index contributed by atoms with van der Waals surface area (Å²) in [6, 6.07) is 4.08. The fourth-order valence-electron chi connectivity index (χ4n) is 1.36. The first-order valence-corrected chi connectivity index (χ1v) is 4.94. The Labute approximate surface area is 90.6 Å². The summed E-state index contributed by atoms with van der Waals surface area (Å²) in [5.74, 6) is 0.637. The Morgan fingerprint density at radius 2 is 2.13 bits per heavy atom. The highest BCUT2D eigenvalue weighted by Gasteiger charge is 2.05. The third-order valence-corrected chi connectivity index (χ3v) is 2.09. The molecule has 0 spiro atoms. The van der Waals surface area contributed by atoms with Crippen molar-refractivity contribution in [3.63, 3.8) is 0 Å². The second-order valence-corrected chi connectivity index (χ2v) is 3.49. The van der Waals surface area contributed by atoms with Gasteiger partial charge in [-0.1, -0.05) is 0 Å². The molecule has 0 aromatic carbocycles. The average Bonchev–Trinajstić information content (AvgIpc) is 2.21. The van der Waals surface area contributed by atoms with Crippen LogP contribution in [0.1, 0.15) is 12.6 Å². The van der Waals surface area contributed by atoms with Crippen LogP contribution in [0, 0.1) is 6.92 Å². The van der Waals surface area contributed by atoms with Gasteiger partial charge in [-0.05, 0) is 19.9 Å². The van der Waals surface area contributed by atoms with Crippen LogP contribution in [-0.2, 0) is 4.74 Å². The van der Waals surface area contributed by atoms with Gasteiger partial charge >= 0.3 is 0 Å². The molecule has 0 aliphatic heterocycles. The fraction of sp³-hybridized carbons (Fsp3) is 0.545. The number of aromatic nitrogens is 1. The molecular formula is C11H18N2O2. The summed E-state index contributed by atoms with van der Waals surface area (Å²) in [5, 5.41) is 3.32. The lowest BCUT2D eigenvalue weighted by atomic mass is 10.2. The van der Waals surface area contributed by atoms with Crippen LogP contribution >= 0.6 is 0 Å². The van der Waals surface area contributed by atoms with Gasteiger partial charge in [-0.25, -0.2) is 4.98 Å². The normalized spacial score (nSPS) is 12.3. The second-order valence-electron chi connectivity index (χ2n) is 3.49. The van der Waals surface area contributed by atoms with Gasteiger partial charge in [-0.2, -0.15) is 0 Å². The highest BCUT2D eigenvalue weighted by atomic mass is 16.5. The molecule has 0 amide bonds. The van der Waals surface area contributed by atoms with Crippen molar-refractivity contribution >= 4 is 5.69 Å². The zero-order valence-corrected chi connectivity index (χ0v) is 9.70. The Morgan fingerprint density at radius 3 is 2.67 bits per heavy atom. The van der Waals surface area contributed by atoms with Gasteiger partial charge in [0.05, 0.1) is 25.1 Å².